The molecule has 0 aliphatic heterocycles. The lowest BCUT2D eigenvalue weighted by atomic mass is 9.81. The van der Waals surface area contributed by atoms with Crippen molar-refractivity contribution < 1.29 is 5.11 Å². The highest BCUT2D eigenvalue weighted by atomic mass is 16.3. The second kappa shape index (κ2) is 6.28. The predicted octanol–water partition coefficient (Wildman–Crippen LogP) is 3.87. The molecule has 0 heterocycles. The van der Waals surface area contributed by atoms with Crippen molar-refractivity contribution in [3.05, 3.63) is 35.9 Å². The Morgan fingerprint density at radius 3 is 2.30 bits per heavy atom. The third kappa shape index (κ3) is 4.07. The summed E-state index contributed by atoms with van der Waals surface area (Å²) in [5.41, 5.74) is 0.883. The lowest BCUT2D eigenvalue weighted by Crippen LogP contribution is -2.42. The Morgan fingerprint density at radius 2 is 1.80 bits per heavy atom. The van der Waals surface area contributed by atoms with Gasteiger partial charge in [0.2, 0.25) is 0 Å². The van der Waals surface area contributed by atoms with E-state index in [1.54, 1.807) is 0 Å². The van der Waals surface area contributed by atoms with Gasteiger partial charge in [0.25, 0.3) is 0 Å². The van der Waals surface area contributed by atoms with E-state index in [0.717, 1.165) is 18.0 Å². The first-order valence-electron chi connectivity index (χ1n) is 7.87. The summed E-state index contributed by atoms with van der Waals surface area (Å²) in [6.45, 7) is 11.0. The van der Waals surface area contributed by atoms with Crippen LogP contribution in [-0.2, 0) is 0 Å². The smallest absolute Gasteiger partial charge is 0.0853 e. The molecule has 0 spiro atoms. The molecule has 112 valence electrons. The summed E-state index contributed by atoms with van der Waals surface area (Å²) in [6, 6.07) is 10.6. The predicted molar refractivity (Wildman–Crippen MR) is 84.6 cm³/mol. The van der Waals surface area contributed by atoms with Crippen molar-refractivity contribution in [1.82, 2.24) is 4.90 Å². The SMILES string of the molecule is CC(C)N(CC1CC1)CC(C)(C)C(O)c1ccccc1. The molecule has 2 heteroatoms. The van der Waals surface area contributed by atoms with Crippen molar-refractivity contribution in [2.24, 2.45) is 11.3 Å². The lowest BCUT2D eigenvalue weighted by Gasteiger charge is -2.38. The first kappa shape index (κ1) is 15.5. The van der Waals surface area contributed by atoms with Crippen LogP contribution < -0.4 is 0 Å². The Kier molecular flexibility index (Phi) is 4.87. The summed E-state index contributed by atoms with van der Waals surface area (Å²) in [4.78, 5) is 2.53. The van der Waals surface area contributed by atoms with Crippen LogP contribution in [0, 0.1) is 11.3 Å². The van der Waals surface area contributed by atoms with Gasteiger partial charge in [-0.15, -0.1) is 0 Å². The van der Waals surface area contributed by atoms with Gasteiger partial charge in [0.05, 0.1) is 6.10 Å². The van der Waals surface area contributed by atoms with E-state index in [-0.39, 0.29) is 5.41 Å². The maximum atomic E-state index is 10.7. The molecular formula is C18H29NO. The third-order valence-corrected chi connectivity index (χ3v) is 4.39. The molecule has 1 aliphatic carbocycles. The first-order valence-corrected chi connectivity index (χ1v) is 7.87. The average molecular weight is 275 g/mol. The van der Waals surface area contributed by atoms with Gasteiger partial charge in [0.15, 0.2) is 0 Å². The van der Waals surface area contributed by atoms with Gasteiger partial charge in [0.1, 0.15) is 0 Å². The van der Waals surface area contributed by atoms with Gasteiger partial charge in [-0.1, -0.05) is 44.2 Å². The van der Waals surface area contributed by atoms with Gasteiger partial charge in [-0.3, -0.25) is 0 Å². The highest BCUT2D eigenvalue weighted by Crippen LogP contribution is 2.36. The molecule has 1 N–H and O–H groups in total. The van der Waals surface area contributed by atoms with Crippen LogP contribution in [0.25, 0.3) is 0 Å². The molecule has 0 aromatic heterocycles. The van der Waals surface area contributed by atoms with Gasteiger partial charge < -0.3 is 10.0 Å². The maximum absolute atomic E-state index is 10.7. The van der Waals surface area contributed by atoms with Crippen molar-refractivity contribution in [3.8, 4) is 0 Å². The van der Waals surface area contributed by atoms with E-state index in [9.17, 15) is 5.11 Å². The molecule has 0 saturated heterocycles. The van der Waals surface area contributed by atoms with Crippen LogP contribution in [0.3, 0.4) is 0 Å². The van der Waals surface area contributed by atoms with Crippen LogP contribution in [0.15, 0.2) is 30.3 Å². The molecule has 1 aliphatic rings. The summed E-state index contributed by atoms with van der Waals surface area (Å²) in [5, 5.41) is 10.7. The minimum atomic E-state index is -0.413. The molecule has 0 radical (unpaired) electrons. The van der Waals surface area contributed by atoms with Crippen LogP contribution in [0.1, 0.15) is 52.2 Å². The average Bonchev–Trinajstić information content (AvgIpc) is 3.21. The minimum absolute atomic E-state index is 0.138. The molecule has 1 atom stereocenters. The summed E-state index contributed by atoms with van der Waals surface area (Å²) in [7, 11) is 0. The quantitative estimate of drug-likeness (QED) is 0.816. The molecule has 0 amide bonds. The number of rotatable bonds is 7. The van der Waals surface area contributed by atoms with E-state index in [4.69, 9.17) is 0 Å². The van der Waals surface area contributed by atoms with Crippen LogP contribution in [0.5, 0.6) is 0 Å². The van der Waals surface area contributed by atoms with Crippen LogP contribution in [0.2, 0.25) is 0 Å². The van der Waals surface area contributed by atoms with Crippen molar-refractivity contribution in [1.29, 1.82) is 0 Å². The minimum Gasteiger partial charge on any atom is -0.388 e. The highest BCUT2D eigenvalue weighted by Gasteiger charge is 2.34. The molecule has 20 heavy (non-hydrogen) atoms. The Labute approximate surface area is 123 Å². The number of nitrogens with zero attached hydrogens (tertiary/aromatic N) is 1. The summed E-state index contributed by atoms with van der Waals surface area (Å²) in [5.74, 6) is 0.891. The fourth-order valence-electron chi connectivity index (χ4n) is 2.79. The first-order chi connectivity index (χ1) is 9.40. The fraction of sp³-hybridized carbons (Fsp3) is 0.667. The maximum Gasteiger partial charge on any atom is 0.0853 e. The van der Waals surface area contributed by atoms with Crippen molar-refractivity contribution >= 4 is 0 Å². The molecule has 2 nitrogen and oxygen atoms in total. The Balaban J connectivity index is 2.03. The molecule has 1 aromatic carbocycles. The molecule has 1 fully saturated rings. The second-order valence-corrected chi connectivity index (χ2v) is 7.27. The van der Waals surface area contributed by atoms with Gasteiger partial charge in [-0.05, 0) is 38.2 Å². The van der Waals surface area contributed by atoms with Gasteiger partial charge in [0, 0.05) is 24.5 Å². The van der Waals surface area contributed by atoms with E-state index in [2.05, 4.69) is 32.6 Å². The number of hydrogen-bond donors (Lipinski definition) is 1. The normalized spacial score (nSPS) is 17.8. The number of aliphatic hydroxyl groups excluding tert-OH is 1. The number of benzene rings is 1. The largest absolute Gasteiger partial charge is 0.388 e. The Morgan fingerprint density at radius 1 is 1.20 bits per heavy atom. The van der Waals surface area contributed by atoms with E-state index in [1.165, 1.54) is 19.4 Å². The summed E-state index contributed by atoms with van der Waals surface area (Å²) >= 11 is 0. The van der Waals surface area contributed by atoms with Crippen LogP contribution in [-0.4, -0.2) is 29.1 Å². The fourth-order valence-corrected chi connectivity index (χ4v) is 2.79. The van der Waals surface area contributed by atoms with Crippen molar-refractivity contribution in [3.63, 3.8) is 0 Å². The van der Waals surface area contributed by atoms with Crippen molar-refractivity contribution in [2.75, 3.05) is 13.1 Å². The van der Waals surface area contributed by atoms with E-state index >= 15 is 0 Å². The van der Waals surface area contributed by atoms with Gasteiger partial charge >= 0.3 is 0 Å². The summed E-state index contributed by atoms with van der Waals surface area (Å²) in [6.07, 6.45) is 2.35. The topological polar surface area (TPSA) is 23.5 Å². The molecule has 0 bridgehead atoms. The number of aliphatic hydroxyl groups is 1. The zero-order valence-corrected chi connectivity index (χ0v) is 13.3. The van der Waals surface area contributed by atoms with Gasteiger partial charge in [-0.25, -0.2) is 0 Å². The van der Waals surface area contributed by atoms with Crippen molar-refractivity contribution in [2.45, 2.75) is 52.7 Å². The lowest BCUT2D eigenvalue weighted by molar-refractivity contribution is 0.0114. The van der Waals surface area contributed by atoms with Crippen LogP contribution in [0.4, 0.5) is 0 Å². The van der Waals surface area contributed by atoms with Gasteiger partial charge in [-0.2, -0.15) is 0 Å². The number of hydrogen-bond acceptors (Lipinski definition) is 2. The molecule has 2 rings (SSSR count). The zero-order chi connectivity index (χ0) is 14.8. The van der Waals surface area contributed by atoms with E-state index in [1.807, 2.05) is 30.3 Å². The van der Waals surface area contributed by atoms with E-state index < -0.39 is 6.10 Å². The summed E-state index contributed by atoms with van der Waals surface area (Å²) < 4.78 is 0. The Bertz CT molecular complexity index is 409. The Hall–Kier alpha value is -0.860. The molecule has 1 aromatic rings. The molecule has 1 saturated carbocycles. The van der Waals surface area contributed by atoms with E-state index in [0.29, 0.717) is 6.04 Å². The standard InChI is InChI=1S/C18H29NO/c1-14(2)19(12-15-10-11-15)13-18(3,4)17(20)16-8-6-5-7-9-16/h5-9,14-15,17,20H,10-13H2,1-4H3. The van der Waals surface area contributed by atoms with Crippen LogP contribution >= 0.6 is 0 Å². The molecular weight excluding hydrogens is 246 g/mol. The zero-order valence-electron chi connectivity index (χ0n) is 13.3. The monoisotopic (exact) mass is 275 g/mol. The second-order valence-electron chi connectivity index (χ2n) is 7.27. The third-order valence-electron chi connectivity index (χ3n) is 4.39. The highest BCUT2D eigenvalue weighted by molar-refractivity contribution is 5.19. The molecule has 1 unspecified atom stereocenters.